The fourth-order valence-electron chi connectivity index (χ4n) is 3.99. The standard InChI is InChI=1S/C24H23NO/c1-16-13-14-22(25-15-16)21-12-6-11-20-19-10-5-9-18(23(19)26-24(20)21)17-7-3-2-4-8-17/h5-6,9-15,17H,2-4,7-8H2,1H3/i1D3,13D,14D,17D. The van der Waals surface area contributed by atoms with Crippen molar-refractivity contribution in [1.29, 1.82) is 0 Å². The van der Waals surface area contributed by atoms with E-state index < -0.39 is 12.7 Å². The topological polar surface area (TPSA) is 26.0 Å². The molecule has 0 spiro atoms. The molecule has 1 saturated carbocycles. The first-order chi connectivity index (χ1) is 15.2. The summed E-state index contributed by atoms with van der Waals surface area (Å²) in [5.74, 6) is -0.680. The highest BCUT2D eigenvalue weighted by Crippen LogP contribution is 2.41. The van der Waals surface area contributed by atoms with Gasteiger partial charge in [-0.1, -0.05) is 55.6 Å². The van der Waals surface area contributed by atoms with E-state index in [1.807, 2.05) is 30.3 Å². The molecule has 0 unspecified atom stereocenters. The smallest absolute Gasteiger partial charge is 0.144 e. The first-order valence-electron chi connectivity index (χ1n) is 12.1. The van der Waals surface area contributed by atoms with Gasteiger partial charge in [0.05, 0.1) is 8.44 Å². The molecule has 2 aromatic heterocycles. The molecule has 4 aromatic rings. The number of hydrogen-bond acceptors (Lipinski definition) is 2. The lowest BCUT2D eigenvalue weighted by Gasteiger charge is -2.21. The van der Waals surface area contributed by atoms with Gasteiger partial charge in [-0.25, -0.2) is 0 Å². The summed E-state index contributed by atoms with van der Waals surface area (Å²) in [5.41, 5.74) is 2.63. The third-order valence-corrected chi connectivity index (χ3v) is 5.26. The van der Waals surface area contributed by atoms with Crippen molar-refractivity contribution < 1.29 is 12.6 Å². The Balaban J connectivity index is 1.74. The van der Waals surface area contributed by atoms with Gasteiger partial charge in [0.15, 0.2) is 0 Å². The summed E-state index contributed by atoms with van der Waals surface area (Å²) in [6.07, 6.45) is 5.97. The molecule has 2 nitrogen and oxygen atoms in total. The molecule has 0 amide bonds. The molecule has 5 rings (SSSR count). The maximum Gasteiger partial charge on any atom is 0.144 e. The minimum Gasteiger partial charge on any atom is -0.455 e. The van der Waals surface area contributed by atoms with Gasteiger partial charge in [0.2, 0.25) is 0 Å². The number of aryl methyl sites for hydroxylation is 1. The molecule has 2 heterocycles. The van der Waals surface area contributed by atoms with Crippen molar-refractivity contribution in [2.45, 2.75) is 44.8 Å². The van der Waals surface area contributed by atoms with Crippen molar-refractivity contribution in [3.8, 4) is 11.3 Å². The molecule has 2 aromatic carbocycles. The van der Waals surface area contributed by atoms with E-state index >= 15 is 0 Å². The predicted molar refractivity (Wildman–Crippen MR) is 108 cm³/mol. The van der Waals surface area contributed by atoms with Crippen molar-refractivity contribution in [3.63, 3.8) is 0 Å². The highest BCUT2D eigenvalue weighted by Gasteiger charge is 2.21. The van der Waals surface area contributed by atoms with E-state index in [1.165, 1.54) is 0 Å². The summed E-state index contributed by atoms with van der Waals surface area (Å²) < 4.78 is 54.8. The van der Waals surface area contributed by atoms with Crippen LogP contribution in [0.1, 0.15) is 57.3 Å². The molecule has 0 radical (unpaired) electrons. The number of benzene rings is 2. The Labute approximate surface area is 162 Å². The average molecular weight is 347 g/mol. The highest BCUT2D eigenvalue weighted by atomic mass is 16.3. The Morgan fingerprint density at radius 2 is 1.85 bits per heavy atom. The van der Waals surface area contributed by atoms with Gasteiger partial charge < -0.3 is 4.42 Å². The van der Waals surface area contributed by atoms with Crippen LogP contribution in [-0.4, -0.2) is 4.98 Å². The van der Waals surface area contributed by atoms with Crippen molar-refractivity contribution in [2.75, 3.05) is 0 Å². The van der Waals surface area contributed by atoms with E-state index in [1.54, 1.807) is 6.07 Å². The summed E-state index contributed by atoms with van der Waals surface area (Å²) in [4.78, 5) is 4.26. The van der Waals surface area contributed by atoms with E-state index in [-0.39, 0.29) is 23.3 Å². The van der Waals surface area contributed by atoms with Crippen LogP contribution in [0.4, 0.5) is 0 Å². The zero-order chi connectivity index (χ0) is 22.7. The number of pyridine rings is 1. The Kier molecular flexibility index (Phi) is 2.54. The van der Waals surface area contributed by atoms with Crippen LogP contribution < -0.4 is 0 Å². The minimum absolute atomic E-state index is 0.215. The van der Waals surface area contributed by atoms with Crippen LogP contribution in [-0.2, 0) is 0 Å². The maximum absolute atomic E-state index is 9.10. The zero-order valence-electron chi connectivity index (χ0n) is 20.4. The van der Waals surface area contributed by atoms with E-state index in [0.717, 1.165) is 54.6 Å². The Bertz CT molecular complexity index is 1330. The largest absolute Gasteiger partial charge is 0.455 e. The van der Waals surface area contributed by atoms with Crippen molar-refractivity contribution in [3.05, 3.63) is 65.8 Å². The van der Waals surface area contributed by atoms with Crippen molar-refractivity contribution in [1.82, 2.24) is 4.98 Å². The van der Waals surface area contributed by atoms with Crippen LogP contribution in [0.3, 0.4) is 0 Å². The van der Waals surface area contributed by atoms with E-state index in [9.17, 15) is 0 Å². The first kappa shape index (κ1) is 10.5. The average Bonchev–Trinajstić information content (AvgIpc) is 3.14. The summed E-state index contributed by atoms with van der Waals surface area (Å²) in [6, 6.07) is 10.9. The molecular weight excluding hydrogens is 318 g/mol. The quantitative estimate of drug-likeness (QED) is 0.390. The summed E-state index contributed by atoms with van der Waals surface area (Å²) in [5, 5.41) is 1.76. The third-order valence-electron chi connectivity index (χ3n) is 5.26. The van der Waals surface area contributed by atoms with Gasteiger partial charge in [0.25, 0.3) is 0 Å². The van der Waals surface area contributed by atoms with Crippen LogP contribution in [0.2, 0.25) is 0 Å². The number of para-hydroxylation sites is 2. The summed E-state index contributed by atoms with van der Waals surface area (Å²) in [6.45, 7) is -2.50. The van der Waals surface area contributed by atoms with Gasteiger partial charge in [-0.2, -0.15) is 0 Å². The molecule has 0 saturated heterocycles. The van der Waals surface area contributed by atoms with Gasteiger partial charge in [0.1, 0.15) is 11.2 Å². The lowest BCUT2D eigenvalue weighted by molar-refractivity contribution is 0.442. The first-order valence-corrected chi connectivity index (χ1v) is 9.12. The SMILES string of the molecule is [2H]c1c(C([2H])([2H])[2H])cnc(-c2cccc3c2oc2c(C4([2H])CCCCC4)cccc23)c1[2H]. The highest BCUT2D eigenvalue weighted by molar-refractivity contribution is 6.10. The molecule has 0 N–H and O–H groups in total. The number of furan rings is 1. The van der Waals surface area contributed by atoms with Crippen LogP contribution >= 0.6 is 0 Å². The molecule has 26 heavy (non-hydrogen) atoms. The molecule has 2 heteroatoms. The molecule has 1 aliphatic carbocycles. The van der Waals surface area contributed by atoms with E-state index in [0.29, 0.717) is 16.7 Å². The Morgan fingerprint density at radius 3 is 2.69 bits per heavy atom. The Morgan fingerprint density at radius 1 is 1.04 bits per heavy atom. The molecule has 130 valence electrons. The molecule has 1 fully saturated rings. The zero-order valence-corrected chi connectivity index (χ0v) is 14.4. The molecule has 0 bridgehead atoms. The van der Waals surface area contributed by atoms with Crippen LogP contribution in [0.25, 0.3) is 33.2 Å². The maximum atomic E-state index is 9.10. The van der Waals surface area contributed by atoms with Crippen molar-refractivity contribution >= 4 is 21.9 Å². The number of fused-ring (bicyclic) bond motifs is 3. The normalized spacial score (nSPS) is 20.8. The van der Waals surface area contributed by atoms with Crippen molar-refractivity contribution in [2.24, 2.45) is 0 Å². The van der Waals surface area contributed by atoms with E-state index in [4.69, 9.17) is 12.6 Å². The van der Waals surface area contributed by atoms with Gasteiger partial charge in [-0.05, 0) is 48.8 Å². The predicted octanol–water partition coefficient (Wildman–Crippen LogP) is 7.00. The second kappa shape index (κ2) is 6.28. The fraction of sp³-hybridized carbons (Fsp3) is 0.292. The molecule has 0 aliphatic heterocycles. The van der Waals surface area contributed by atoms with Crippen LogP contribution in [0.15, 0.2) is 59.1 Å². The Hall–Kier alpha value is -2.61. The lowest BCUT2D eigenvalue weighted by atomic mass is 9.83. The van der Waals surface area contributed by atoms with Crippen LogP contribution in [0.5, 0.6) is 0 Å². The lowest BCUT2D eigenvalue weighted by Crippen LogP contribution is -2.04. The molecular formula is C24H23NO. The molecule has 0 atom stereocenters. The minimum atomic E-state index is -2.50. The van der Waals surface area contributed by atoms with Gasteiger partial charge in [-0.15, -0.1) is 0 Å². The second-order valence-electron chi connectivity index (χ2n) is 6.90. The van der Waals surface area contributed by atoms with Gasteiger partial charge in [0, 0.05) is 28.0 Å². The number of hydrogen-bond donors (Lipinski definition) is 0. The molecule has 1 aliphatic rings. The summed E-state index contributed by atoms with van der Waals surface area (Å²) >= 11 is 0. The monoisotopic (exact) mass is 347 g/mol. The fourth-order valence-corrected chi connectivity index (χ4v) is 3.99. The number of nitrogens with zero attached hydrogens (tertiary/aromatic N) is 1. The van der Waals surface area contributed by atoms with Gasteiger partial charge in [-0.3, -0.25) is 4.98 Å². The summed E-state index contributed by atoms with van der Waals surface area (Å²) in [7, 11) is 0. The second-order valence-corrected chi connectivity index (χ2v) is 6.90. The van der Waals surface area contributed by atoms with Gasteiger partial charge >= 0.3 is 0 Å². The van der Waals surface area contributed by atoms with Crippen LogP contribution in [0, 0.1) is 6.85 Å². The number of aromatic nitrogens is 1. The van der Waals surface area contributed by atoms with E-state index in [2.05, 4.69) is 4.98 Å². The third kappa shape index (κ3) is 2.52. The number of rotatable bonds is 2.